The largest absolute Gasteiger partial charge is 0.244 e. The number of benzene rings is 1. The Bertz CT molecular complexity index is 717. The topological polar surface area (TPSA) is 16.1 Å². The molecule has 0 atom stereocenters. The van der Waals surface area contributed by atoms with Gasteiger partial charge in [-0.1, -0.05) is 34.3 Å². The van der Waals surface area contributed by atoms with Gasteiger partial charge in [0.15, 0.2) is 0 Å². The van der Waals surface area contributed by atoms with E-state index in [1.165, 1.54) is 13.2 Å². The van der Waals surface area contributed by atoms with Crippen LogP contribution in [-0.2, 0) is 0 Å². The van der Waals surface area contributed by atoms with Crippen LogP contribution in [0.15, 0.2) is 41.4 Å². The molecule has 2 nitrogen and oxygen atoms in total. The first kappa shape index (κ1) is 16.9. The van der Waals surface area contributed by atoms with E-state index in [-0.39, 0.29) is 0 Å². The van der Waals surface area contributed by atoms with Crippen LogP contribution in [-0.4, -0.2) is 16.6 Å². The SMILES string of the molecule is C/C(=C(/F)c1cnc(Cl)cc1C)c1ccccc1SN(C)F. The molecular weight excluding hydrogens is 326 g/mol. The first-order chi connectivity index (χ1) is 10.4. The van der Waals surface area contributed by atoms with Crippen molar-refractivity contribution in [3.05, 3.63) is 58.4 Å². The third kappa shape index (κ3) is 3.85. The Kier molecular flexibility index (Phi) is 5.56. The summed E-state index contributed by atoms with van der Waals surface area (Å²) in [5.41, 5.74) is 2.15. The molecule has 22 heavy (non-hydrogen) atoms. The number of nitrogens with zero attached hydrogens (tertiary/aromatic N) is 2. The molecule has 2 rings (SSSR count). The summed E-state index contributed by atoms with van der Waals surface area (Å²) in [7, 11) is 1.30. The molecule has 0 aliphatic heterocycles. The zero-order chi connectivity index (χ0) is 16.3. The van der Waals surface area contributed by atoms with Crippen LogP contribution in [0.5, 0.6) is 0 Å². The van der Waals surface area contributed by atoms with Gasteiger partial charge in [0.05, 0.1) is 0 Å². The van der Waals surface area contributed by atoms with E-state index >= 15 is 0 Å². The van der Waals surface area contributed by atoms with Crippen molar-refractivity contribution in [2.24, 2.45) is 0 Å². The summed E-state index contributed by atoms with van der Waals surface area (Å²) in [4.78, 5) is 4.56. The Morgan fingerprint density at radius 1 is 1.27 bits per heavy atom. The van der Waals surface area contributed by atoms with Crippen LogP contribution in [0.4, 0.5) is 8.87 Å². The van der Waals surface area contributed by atoms with Gasteiger partial charge in [-0.2, -0.15) is 0 Å². The smallest absolute Gasteiger partial charge is 0.135 e. The van der Waals surface area contributed by atoms with E-state index < -0.39 is 5.83 Å². The molecule has 1 aromatic carbocycles. The first-order valence-corrected chi connectivity index (χ1v) is 7.71. The van der Waals surface area contributed by atoms with E-state index in [0.29, 0.717) is 36.8 Å². The molecule has 0 amide bonds. The lowest BCUT2D eigenvalue weighted by atomic mass is 10.0. The molecule has 0 spiro atoms. The van der Waals surface area contributed by atoms with Crippen molar-refractivity contribution < 1.29 is 8.87 Å². The molecule has 0 saturated heterocycles. The minimum absolute atomic E-state index is 0.321. The van der Waals surface area contributed by atoms with Gasteiger partial charge in [-0.25, -0.2) is 9.37 Å². The van der Waals surface area contributed by atoms with Gasteiger partial charge in [0.2, 0.25) is 0 Å². The molecule has 0 unspecified atom stereocenters. The fraction of sp³-hybridized carbons (Fsp3) is 0.188. The zero-order valence-corrected chi connectivity index (χ0v) is 14.0. The minimum atomic E-state index is -0.392. The number of halogens is 3. The van der Waals surface area contributed by atoms with Gasteiger partial charge in [0.25, 0.3) is 0 Å². The monoisotopic (exact) mass is 340 g/mol. The minimum Gasteiger partial charge on any atom is -0.244 e. The zero-order valence-electron chi connectivity index (χ0n) is 12.4. The molecular formula is C16H15ClF2N2S. The van der Waals surface area contributed by atoms with Crippen LogP contribution in [0.3, 0.4) is 0 Å². The predicted molar refractivity (Wildman–Crippen MR) is 88.8 cm³/mol. The van der Waals surface area contributed by atoms with Gasteiger partial charge >= 0.3 is 0 Å². The van der Waals surface area contributed by atoms with Gasteiger partial charge in [0.1, 0.15) is 11.0 Å². The van der Waals surface area contributed by atoms with Crippen molar-refractivity contribution in [1.82, 2.24) is 9.51 Å². The molecule has 0 radical (unpaired) electrons. The molecule has 0 saturated carbocycles. The molecule has 1 aromatic heterocycles. The average Bonchev–Trinajstić information content (AvgIpc) is 2.46. The molecule has 2 aromatic rings. The lowest BCUT2D eigenvalue weighted by Gasteiger charge is -2.13. The van der Waals surface area contributed by atoms with Gasteiger partial charge in [0, 0.05) is 23.7 Å². The summed E-state index contributed by atoms with van der Waals surface area (Å²) < 4.78 is 28.4. The number of hydrogen-bond donors (Lipinski definition) is 0. The van der Waals surface area contributed by atoms with Crippen LogP contribution in [0, 0.1) is 6.92 Å². The molecule has 0 aliphatic carbocycles. The van der Waals surface area contributed by atoms with Crippen LogP contribution in [0.2, 0.25) is 5.15 Å². The third-order valence-corrected chi connectivity index (χ3v) is 4.17. The number of aromatic nitrogens is 1. The summed E-state index contributed by atoms with van der Waals surface area (Å²) in [5, 5.41) is 0.321. The lowest BCUT2D eigenvalue weighted by Crippen LogP contribution is -1.96. The summed E-state index contributed by atoms with van der Waals surface area (Å²) in [6.07, 6.45) is 1.41. The Morgan fingerprint density at radius 3 is 2.59 bits per heavy atom. The maximum Gasteiger partial charge on any atom is 0.135 e. The van der Waals surface area contributed by atoms with Gasteiger partial charge in [-0.15, -0.1) is 4.48 Å². The highest BCUT2D eigenvalue weighted by Gasteiger charge is 2.14. The Balaban J connectivity index is 2.51. The molecule has 0 aliphatic rings. The maximum absolute atomic E-state index is 14.8. The van der Waals surface area contributed by atoms with Gasteiger partial charge < -0.3 is 0 Å². The third-order valence-electron chi connectivity index (χ3n) is 3.16. The average molecular weight is 341 g/mol. The number of allylic oxidation sites excluding steroid dienone is 1. The summed E-state index contributed by atoms with van der Waals surface area (Å²) in [6.45, 7) is 3.44. The highest BCUT2D eigenvalue weighted by atomic mass is 35.5. The second-order valence-electron chi connectivity index (χ2n) is 4.77. The number of rotatable bonds is 4. The number of aryl methyl sites for hydroxylation is 1. The van der Waals surface area contributed by atoms with Crippen molar-refractivity contribution >= 4 is 34.9 Å². The van der Waals surface area contributed by atoms with Crippen LogP contribution >= 0.6 is 23.5 Å². The Hall–Kier alpha value is -1.43. The number of hydrogen-bond acceptors (Lipinski definition) is 3. The van der Waals surface area contributed by atoms with Crippen molar-refractivity contribution in [2.75, 3.05) is 7.05 Å². The predicted octanol–water partition coefficient (Wildman–Crippen LogP) is 5.72. The highest BCUT2D eigenvalue weighted by Crippen LogP contribution is 2.35. The lowest BCUT2D eigenvalue weighted by molar-refractivity contribution is 0.201. The summed E-state index contributed by atoms with van der Waals surface area (Å²) in [6, 6.07) is 8.70. The maximum atomic E-state index is 14.8. The fourth-order valence-corrected chi connectivity index (χ4v) is 3.01. The van der Waals surface area contributed by atoms with Crippen molar-refractivity contribution in [3.63, 3.8) is 0 Å². The van der Waals surface area contributed by atoms with Gasteiger partial charge in [-0.3, -0.25) is 0 Å². The second-order valence-corrected chi connectivity index (χ2v) is 6.28. The normalized spacial score (nSPS) is 12.5. The second kappa shape index (κ2) is 7.22. The van der Waals surface area contributed by atoms with Crippen LogP contribution < -0.4 is 0 Å². The molecule has 0 N–H and O–H groups in total. The van der Waals surface area contributed by atoms with Crippen molar-refractivity contribution in [2.45, 2.75) is 18.7 Å². The molecule has 1 heterocycles. The fourth-order valence-electron chi connectivity index (χ4n) is 2.06. The Morgan fingerprint density at radius 2 is 1.95 bits per heavy atom. The van der Waals surface area contributed by atoms with Crippen LogP contribution in [0.25, 0.3) is 11.4 Å². The highest BCUT2D eigenvalue weighted by molar-refractivity contribution is 7.97. The standard InChI is InChI=1S/C16H15ClF2N2S/c1-10-8-15(17)20-9-13(10)16(18)11(2)12-6-4-5-7-14(12)22-21(3)19/h4-9H,1-3H3/b16-11-. The van der Waals surface area contributed by atoms with E-state index in [1.807, 2.05) is 0 Å². The molecule has 0 fully saturated rings. The van der Waals surface area contributed by atoms with Crippen LogP contribution in [0.1, 0.15) is 23.6 Å². The molecule has 6 heteroatoms. The summed E-state index contributed by atoms with van der Waals surface area (Å²) >= 11 is 6.70. The van der Waals surface area contributed by atoms with Crippen molar-refractivity contribution in [3.8, 4) is 0 Å². The van der Waals surface area contributed by atoms with E-state index in [2.05, 4.69) is 4.98 Å². The summed E-state index contributed by atoms with van der Waals surface area (Å²) in [5.74, 6) is -0.392. The quantitative estimate of drug-likeness (QED) is 0.402. The number of pyridine rings is 1. The van der Waals surface area contributed by atoms with E-state index in [9.17, 15) is 8.87 Å². The molecule has 0 bridgehead atoms. The van der Waals surface area contributed by atoms with E-state index in [0.717, 1.165) is 11.9 Å². The Labute approximate surface area is 137 Å². The van der Waals surface area contributed by atoms with E-state index in [4.69, 9.17) is 11.6 Å². The van der Waals surface area contributed by atoms with Crippen molar-refractivity contribution in [1.29, 1.82) is 0 Å². The van der Waals surface area contributed by atoms with Gasteiger partial charge in [-0.05, 0) is 54.6 Å². The van der Waals surface area contributed by atoms with E-state index in [1.54, 1.807) is 44.2 Å². The first-order valence-electron chi connectivity index (χ1n) is 6.56. The molecule has 116 valence electrons.